The topological polar surface area (TPSA) is 67.8 Å². The van der Waals surface area contributed by atoms with Crippen LogP contribution in [-0.2, 0) is 0 Å². The monoisotopic (exact) mass is 312 g/mol. The van der Waals surface area contributed by atoms with Crippen molar-refractivity contribution in [3.05, 3.63) is 46.0 Å². The van der Waals surface area contributed by atoms with Crippen LogP contribution in [0.1, 0.15) is 10.5 Å². The molecule has 0 spiro atoms. The Morgan fingerprint density at radius 1 is 1.41 bits per heavy atom. The van der Waals surface area contributed by atoms with Gasteiger partial charge in [0.05, 0.1) is 12.4 Å². The predicted octanol–water partition coefficient (Wildman–Crippen LogP) is 2.54. The lowest BCUT2D eigenvalue weighted by molar-refractivity contribution is 0.102. The number of rotatable bonds is 2. The van der Waals surface area contributed by atoms with E-state index in [0.29, 0.717) is 5.82 Å². The number of nitrogens with one attached hydrogen (secondary N) is 1. The van der Waals surface area contributed by atoms with E-state index in [4.69, 9.17) is 11.6 Å². The van der Waals surface area contributed by atoms with Crippen LogP contribution in [0.5, 0.6) is 0 Å². The summed E-state index contributed by atoms with van der Waals surface area (Å²) in [6.45, 7) is 0. The number of anilines is 1. The molecule has 17 heavy (non-hydrogen) atoms. The first kappa shape index (κ1) is 11.9. The van der Waals surface area contributed by atoms with Gasteiger partial charge in [-0.25, -0.2) is 9.97 Å². The first-order chi connectivity index (χ1) is 8.15. The number of amides is 1. The predicted molar refractivity (Wildman–Crippen MR) is 66.9 cm³/mol. The summed E-state index contributed by atoms with van der Waals surface area (Å²) in [4.78, 5) is 23.4. The summed E-state index contributed by atoms with van der Waals surface area (Å²) in [6, 6.07) is 3.44. The zero-order valence-corrected chi connectivity index (χ0v) is 10.7. The summed E-state index contributed by atoms with van der Waals surface area (Å²) in [5.74, 6) is 0.0109. The minimum atomic E-state index is -0.411. The van der Waals surface area contributed by atoms with Crippen LogP contribution in [0, 0.1) is 0 Å². The van der Waals surface area contributed by atoms with Crippen molar-refractivity contribution >= 4 is 39.3 Å². The van der Waals surface area contributed by atoms with Crippen LogP contribution in [0.3, 0.4) is 0 Å². The van der Waals surface area contributed by atoms with Crippen molar-refractivity contribution in [1.82, 2.24) is 15.0 Å². The summed E-state index contributed by atoms with van der Waals surface area (Å²) in [5.41, 5.74) is 0.138. The number of hydrogen-bond donors (Lipinski definition) is 1. The molecule has 0 unspecified atom stereocenters. The van der Waals surface area contributed by atoms with Gasteiger partial charge in [-0.15, -0.1) is 0 Å². The van der Waals surface area contributed by atoms with Gasteiger partial charge in [-0.1, -0.05) is 27.5 Å². The quantitative estimate of drug-likeness (QED) is 0.925. The molecule has 0 aliphatic heterocycles. The number of aromatic nitrogens is 3. The fourth-order valence-corrected chi connectivity index (χ4v) is 1.59. The minimum absolute atomic E-state index is 0.138. The Balaban J connectivity index is 2.17. The van der Waals surface area contributed by atoms with Gasteiger partial charge in [0.1, 0.15) is 16.7 Å². The van der Waals surface area contributed by atoms with E-state index in [-0.39, 0.29) is 10.8 Å². The normalized spacial score (nSPS) is 10.0. The molecular formula is C10H6BrClN4O. The van der Waals surface area contributed by atoms with Crippen molar-refractivity contribution in [3.63, 3.8) is 0 Å². The molecule has 0 saturated heterocycles. The van der Waals surface area contributed by atoms with Crippen molar-refractivity contribution in [2.75, 3.05) is 5.32 Å². The summed E-state index contributed by atoms with van der Waals surface area (Å²) >= 11 is 8.92. The van der Waals surface area contributed by atoms with E-state index in [0.717, 1.165) is 4.47 Å². The van der Waals surface area contributed by atoms with Gasteiger partial charge >= 0.3 is 0 Å². The highest BCUT2D eigenvalue weighted by molar-refractivity contribution is 9.10. The molecular weight excluding hydrogens is 307 g/mol. The SMILES string of the molecule is O=C(Nc1cc(Br)ccn1)c1cncc(Cl)n1. The van der Waals surface area contributed by atoms with E-state index in [9.17, 15) is 4.79 Å². The average molecular weight is 314 g/mol. The highest BCUT2D eigenvalue weighted by Gasteiger charge is 2.09. The number of carbonyl (C=O) groups excluding carboxylic acids is 1. The van der Waals surface area contributed by atoms with Gasteiger partial charge in [0.2, 0.25) is 0 Å². The van der Waals surface area contributed by atoms with E-state index in [1.165, 1.54) is 12.4 Å². The van der Waals surface area contributed by atoms with Crippen LogP contribution in [0.2, 0.25) is 5.15 Å². The third-order valence-corrected chi connectivity index (χ3v) is 2.48. The van der Waals surface area contributed by atoms with Gasteiger partial charge in [0.25, 0.3) is 5.91 Å². The van der Waals surface area contributed by atoms with Crippen molar-refractivity contribution in [2.45, 2.75) is 0 Å². The number of halogens is 2. The second-order valence-corrected chi connectivity index (χ2v) is 4.34. The maximum absolute atomic E-state index is 11.8. The molecule has 2 aromatic heterocycles. The first-order valence-electron chi connectivity index (χ1n) is 4.55. The Kier molecular flexibility index (Phi) is 3.65. The van der Waals surface area contributed by atoms with E-state index in [1.807, 2.05) is 0 Å². The van der Waals surface area contributed by atoms with Crippen molar-refractivity contribution in [3.8, 4) is 0 Å². The van der Waals surface area contributed by atoms with Crippen molar-refractivity contribution in [2.24, 2.45) is 0 Å². The third-order valence-electron chi connectivity index (χ3n) is 1.80. The molecule has 2 rings (SSSR count). The Hall–Kier alpha value is -1.53. The van der Waals surface area contributed by atoms with Gasteiger partial charge < -0.3 is 5.32 Å². The molecule has 0 aromatic carbocycles. The van der Waals surface area contributed by atoms with Crippen LogP contribution >= 0.6 is 27.5 Å². The molecule has 2 heterocycles. The molecule has 7 heteroatoms. The Morgan fingerprint density at radius 3 is 2.94 bits per heavy atom. The Morgan fingerprint density at radius 2 is 2.24 bits per heavy atom. The number of nitrogens with zero attached hydrogens (tertiary/aromatic N) is 3. The molecule has 0 radical (unpaired) electrons. The van der Waals surface area contributed by atoms with Gasteiger partial charge in [0.15, 0.2) is 0 Å². The molecule has 0 aliphatic carbocycles. The maximum atomic E-state index is 11.8. The minimum Gasteiger partial charge on any atom is -0.305 e. The van der Waals surface area contributed by atoms with Gasteiger partial charge in [-0.05, 0) is 12.1 Å². The molecule has 0 atom stereocenters. The molecule has 0 bridgehead atoms. The molecule has 0 aliphatic rings. The van der Waals surface area contributed by atoms with Crippen LogP contribution in [-0.4, -0.2) is 20.9 Å². The van der Waals surface area contributed by atoms with Crippen LogP contribution in [0.15, 0.2) is 35.2 Å². The second-order valence-electron chi connectivity index (χ2n) is 3.04. The number of pyridine rings is 1. The molecule has 0 saturated carbocycles. The van der Waals surface area contributed by atoms with Crippen molar-refractivity contribution in [1.29, 1.82) is 0 Å². The van der Waals surface area contributed by atoms with Gasteiger partial charge in [0, 0.05) is 10.7 Å². The molecule has 1 amide bonds. The smallest absolute Gasteiger partial charge is 0.277 e. The zero-order chi connectivity index (χ0) is 12.3. The number of hydrogen-bond acceptors (Lipinski definition) is 4. The van der Waals surface area contributed by atoms with E-state index < -0.39 is 5.91 Å². The van der Waals surface area contributed by atoms with Gasteiger partial charge in [-0.3, -0.25) is 9.78 Å². The standard InChI is InChI=1S/C10H6BrClN4O/c11-6-1-2-14-9(3-6)16-10(17)7-4-13-5-8(12)15-7/h1-5H,(H,14,16,17). The average Bonchev–Trinajstić information content (AvgIpc) is 2.29. The molecule has 2 aromatic rings. The zero-order valence-electron chi connectivity index (χ0n) is 8.39. The molecule has 5 nitrogen and oxygen atoms in total. The fraction of sp³-hybridized carbons (Fsp3) is 0. The summed E-state index contributed by atoms with van der Waals surface area (Å²) in [6.07, 6.45) is 4.26. The fourth-order valence-electron chi connectivity index (χ4n) is 1.11. The highest BCUT2D eigenvalue weighted by Crippen LogP contribution is 2.13. The molecule has 86 valence electrons. The summed E-state index contributed by atoms with van der Waals surface area (Å²) in [7, 11) is 0. The van der Waals surface area contributed by atoms with Gasteiger partial charge in [-0.2, -0.15) is 0 Å². The Labute approximate surface area is 110 Å². The second kappa shape index (κ2) is 5.20. The van der Waals surface area contributed by atoms with Crippen molar-refractivity contribution < 1.29 is 4.79 Å². The highest BCUT2D eigenvalue weighted by atomic mass is 79.9. The maximum Gasteiger partial charge on any atom is 0.277 e. The Bertz CT molecular complexity index is 564. The molecule has 0 fully saturated rings. The third kappa shape index (κ3) is 3.21. The van der Waals surface area contributed by atoms with Crippen LogP contribution < -0.4 is 5.32 Å². The van der Waals surface area contributed by atoms with Crippen LogP contribution in [0.25, 0.3) is 0 Å². The lowest BCUT2D eigenvalue weighted by atomic mass is 10.4. The van der Waals surface area contributed by atoms with E-state index in [1.54, 1.807) is 18.3 Å². The van der Waals surface area contributed by atoms with E-state index >= 15 is 0 Å². The lowest BCUT2D eigenvalue weighted by Gasteiger charge is -2.03. The number of carbonyl (C=O) groups is 1. The van der Waals surface area contributed by atoms with Crippen LogP contribution in [0.4, 0.5) is 5.82 Å². The van der Waals surface area contributed by atoms with E-state index in [2.05, 4.69) is 36.2 Å². The summed E-state index contributed by atoms with van der Waals surface area (Å²) in [5, 5.41) is 2.75. The summed E-state index contributed by atoms with van der Waals surface area (Å²) < 4.78 is 0.819. The first-order valence-corrected chi connectivity index (χ1v) is 5.73. The molecule has 1 N–H and O–H groups in total. The lowest BCUT2D eigenvalue weighted by Crippen LogP contribution is -2.14. The largest absolute Gasteiger partial charge is 0.305 e.